The van der Waals surface area contributed by atoms with Crippen molar-refractivity contribution in [1.82, 2.24) is 15.1 Å². The molecule has 2 aromatic carbocycles. The normalized spacial score (nSPS) is 16.6. The molecule has 33 heavy (non-hydrogen) atoms. The Balaban J connectivity index is 1.45. The van der Waals surface area contributed by atoms with Gasteiger partial charge in [-0.25, -0.2) is 5.10 Å². The number of fused-ring (bicyclic) bond motifs is 2. The minimum atomic E-state index is -0.730. The van der Waals surface area contributed by atoms with E-state index in [2.05, 4.69) is 16.3 Å². The zero-order valence-electron chi connectivity index (χ0n) is 19.1. The highest BCUT2D eigenvalue weighted by Gasteiger charge is 2.33. The fourth-order valence-electron chi connectivity index (χ4n) is 5.09. The van der Waals surface area contributed by atoms with Crippen molar-refractivity contribution in [2.45, 2.75) is 45.1 Å². The Bertz CT molecular complexity index is 1270. The van der Waals surface area contributed by atoms with Crippen molar-refractivity contribution < 1.29 is 14.6 Å². The van der Waals surface area contributed by atoms with E-state index in [1.54, 1.807) is 6.07 Å². The molecule has 1 saturated heterocycles. The van der Waals surface area contributed by atoms with Gasteiger partial charge in [0, 0.05) is 31.3 Å². The lowest BCUT2D eigenvalue weighted by molar-refractivity contribution is -0.0108. The number of ether oxygens (including phenoxy) is 1. The number of amides is 1. The van der Waals surface area contributed by atoms with Gasteiger partial charge in [0.2, 0.25) is 0 Å². The number of benzene rings is 2. The van der Waals surface area contributed by atoms with E-state index >= 15 is 0 Å². The third-order valence-corrected chi connectivity index (χ3v) is 7.00. The molecule has 0 atom stereocenters. The highest BCUT2D eigenvalue weighted by molar-refractivity contribution is 5.98. The first-order valence-corrected chi connectivity index (χ1v) is 11.6. The molecular weight excluding hydrogens is 418 g/mol. The highest BCUT2D eigenvalue weighted by Crippen LogP contribution is 2.35. The van der Waals surface area contributed by atoms with Crippen molar-refractivity contribution in [2.75, 3.05) is 19.7 Å². The van der Waals surface area contributed by atoms with Gasteiger partial charge in [0.1, 0.15) is 5.75 Å². The van der Waals surface area contributed by atoms with Gasteiger partial charge in [-0.05, 0) is 55.9 Å². The summed E-state index contributed by atoms with van der Waals surface area (Å²) in [5.41, 5.74) is 2.44. The number of H-pyrrole nitrogens is 1. The van der Waals surface area contributed by atoms with Gasteiger partial charge in [0.25, 0.3) is 11.5 Å². The summed E-state index contributed by atoms with van der Waals surface area (Å²) in [6.45, 7) is 5.50. The van der Waals surface area contributed by atoms with E-state index < -0.39 is 5.60 Å². The first-order valence-electron chi connectivity index (χ1n) is 11.6. The quantitative estimate of drug-likeness (QED) is 0.641. The molecule has 7 heteroatoms. The van der Waals surface area contributed by atoms with Crippen LogP contribution in [-0.4, -0.2) is 51.4 Å². The van der Waals surface area contributed by atoms with Gasteiger partial charge in [-0.2, -0.15) is 5.10 Å². The maximum Gasteiger partial charge on any atom is 0.272 e. The summed E-state index contributed by atoms with van der Waals surface area (Å²) in [7, 11) is 0. The Morgan fingerprint density at radius 2 is 1.94 bits per heavy atom. The number of aromatic amines is 1. The van der Waals surface area contributed by atoms with Crippen molar-refractivity contribution in [3.05, 3.63) is 69.1 Å². The topological polar surface area (TPSA) is 95.5 Å². The van der Waals surface area contributed by atoms with E-state index in [0.29, 0.717) is 42.8 Å². The molecule has 0 unspecified atom stereocenters. The maximum absolute atomic E-state index is 13.5. The van der Waals surface area contributed by atoms with Crippen molar-refractivity contribution in [1.29, 1.82) is 0 Å². The largest absolute Gasteiger partial charge is 0.492 e. The van der Waals surface area contributed by atoms with Crippen LogP contribution >= 0.6 is 0 Å². The van der Waals surface area contributed by atoms with Gasteiger partial charge in [-0.15, -0.1) is 0 Å². The maximum atomic E-state index is 13.5. The third kappa shape index (κ3) is 4.13. The Labute approximate surface area is 192 Å². The minimum absolute atomic E-state index is 0.0246. The number of likely N-dealkylation sites (tertiary alicyclic amines) is 1. The van der Waals surface area contributed by atoms with E-state index in [-0.39, 0.29) is 17.4 Å². The summed E-state index contributed by atoms with van der Waals surface area (Å²) >= 11 is 0. The molecule has 0 bridgehead atoms. The lowest BCUT2D eigenvalue weighted by Crippen LogP contribution is -2.44. The van der Waals surface area contributed by atoms with E-state index in [0.717, 1.165) is 41.5 Å². The van der Waals surface area contributed by atoms with Crippen molar-refractivity contribution in [2.24, 2.45) is 5.92 Å². The average molecular weight is 448 g/mol. The number of aliphatic hydroxyl groups is 1. The fourth-order valence-corrected chi connectivity index (χ4v) is 5.09. The van der Waals surface area contributed by atoms with Gasteiger partial charge in [0.15, 0.2) is 0 Å². The van der Waals surface area contributed by atoms with Crippen LogP contribution in [0.4, 0.5) is 0 Å². The Hall–Kier alpha value is -3.19. The van der Waals surface area contributed by atoms with Crippen LogP contribution in [0.3, 0.4) is 0 Å². The van der Waals surface area contributed by atoms with Crippen LogP contribution in [0.5, 0.6) is 5.75 Å². The molecule has 2 aliphatic rings. The van der Waals surface area contributed by atoms with E-state index in [9.17, 15) is 14.7 Å². The minimum Gasteiger partial charge on any atom is -0.492 e. The molecule has 2 N–H and O–H groups in total. The van der Waals surface area contributed by atoms with E-state index in [1.165, 1.54) is 0 Å². The lowest BCUT2D eigenvalue weighted by atomic mass is 9.83. The van der Waals surface area contributed by atoms with Crippen LogP contribution in [0.1, 0.15) is 53.9 Å². The molecule has 0 radical (unpaired) electrons. The summed E-state index contributed by atoms with van der Waals surface area (Å²) in [4.78, 5) is 27.5. The van der Waals surface area contributed by atoms with Crippen molar-refractivity contribution in [3.63, 3.8) is 0 Å². The molecule has 1 aromatic heterocycles. The number of aromatic nitrogens is 2. The molecular formula is C26H29N3O4. The van der Waals surface area contributed by atoms with Gasteiger partial charge < -0.3 is 14.7 Å². The molecule has 0 saturated carbocycles. The predicted molar refractivity (Wildman–Crippen MR) is 126 cm³/mol. The monoisotopic (exact) mass is 447 g/mol. The zero-order valence-corrected chi connectivity index (χ0v) is 19.1. The Kier molecular flexibility index (Phi) is 5.44. The number of carbonyl (C=O) groups excluding carboxylic acids is 1. The summed E-state index contributed by atoms with van der Waals surface area (Å²) in [6, 6.07) is 11.4. The Morgan fingerprint density at radius 3 is 2.67 bits per heavy atom. The fraction of sp³-hybridized carbons (Fsp3) is 0.423. The molecule has 3 heterocycles. The first kappa shape index (κ1) is 21.6. The van der Waals surface area contributed by atoms with Crippen molar-refractivity contribution >= 4 is 16.7 Å². The SMILES string of the molecule is CC(C)(O)C1CCN(C(=O)c2cc(Cc3n[nH]c(=O)c4ccccc34)cc3c2OCC3)CC1. The standard InChI is InChI=1S/C26H29N3O4/c1-26(2,32)18-7-10-29(11-8-18)25(31)21-14-16(13-17-9-12-33-23(17)21)15-22-19-5-3-4-6-20(19)24(30)28-27-22/h3-6,13-14,18,32H,7-12,15H2,1-2H3,(H,28,30). The second-order valence-corrected chi connectivity index (χ2v) is 9.67. The van der Waals surface area contributed by atoms with E-state index in [1.807, 2.05) is 43.0 Å². The van der Waals surface area contributed by atoms with Crippen molar-refractivity contribution in [3.8, 4) is 5.75 Å². The molecule has 7 nitrogen and oxygen atoms in total. The van der Waals surface area contributed by atoms with Gasteiger partial charge in [-0.3, -0.25) is 9.59 Å². The first-order chi connectivity index (χ1) is 15.8. The number of carbonyl (C=O) groups is 1. The summed E-state index contributed by atoms with van der Waals surface area (Å²) in [6.07, 6.45) is 2.84. The molecule has 1 fully saturated rings. The number of nitrogens with zero attached hydrogens (tertiary/aromatic N) is 2. The molecule has 3 aromatic rings. The second-order valence-electron chi connectivity index (χ2n) is 9.67. The highest BCUT2D eigenvalue weighted by atomic mass is 16.5. The average Bonchev–Trinajstić information content (AvgIpc) is 3.28. The number of hydrogen-bond donors (Lipinski definition) is 2. The van der Waals surface area contributed by atoms with E-state index in [4.69, 9.17) is 4.74 Å². The number of nitrogens with one attached hydrogen (secondary N) is 1. The zero-order chi connectivity index (χ0) is 23.2. The number of piperidine rings is 1. The Morgan fingerprint density at radius 1 is 1.21 bits per heavy atom. The predicted octanol–water partition coefficient (Wildman–Crippen LogP) is 3.07. The van der Waals surface area contributed by atoms with Crippen LogP contribution in [0.15, 0.2) is 41.2 Å². The molecule has 0 aliphatic carbocycles. The molecule has 5 rings (SSSR count). The van der Waals surface area contributed by atoms with Crippen LogP contribution in [0.2, 0.25) is 0 Å². The van der Waals surface area contributed by atoms with Crippen LogP contribution < -0.4 is 10.3 Å². The molecule has 1 amide bonds. The smallest absolute Gasteiger partial charge is 0.272 e. The summed E-state index contributed by atoms with van der Waals surface area (Å²) in [5.74, 6) is 0.852. The molecule has 0 spiro atoms. The van der Waals surface area contributed by atoms with Crippen LogP contribution in [0.25, 0.3) is 10.8 Å². The van der Waals surface area contributed by atoms with Gasteiger partial charge in [-0.1, -0.05) is 24.3 Å². The summed E-state index contributed by atoms with van der Waals surface area (Å²) in [5, 5.41) is 18.7. The second kappa shape index (κ2) is 8.30. The molecule has 172 valence electrons. The summed E-state index contributed by atoms with van der Waals surface area (Å²) < 4.78 is 5.86. The third-order valence-electron chi connectivity index (χ3n) is 7.00. The van der Waals surface area contributed by atoms with Crippen LogP contribution in [0, 0.1) is 5.92 Å². The van der Waals surface area contributed by atoms with Gasteiger partial charge >= 0.3 is 0 Å². The number of hydrogen-bond acceptors (Lipinski definition) is 5. The molecule has 2 aliphatic heterocycles. The lowest BCUT2D eigenvalue weighted by Gasteiger charge is -2.38. The number of rotatable bonds is 4. The van der Waals surface area contributed by atoms with Crippen LogP contribution in [-0.2, 0) is 12.8 Å². The van der Waals surface area contributed by atoms with Gasteiger partial charge in [0.05, 0.1) is 28.9 Å².